The molecule has 0 spiro atoms. The highest BCUT2D eigenvalue weighted by Gasteiger charge is 2.21. The number of nitrogens with one attached hydrogen (secondary N) is 1. The Hall–Kier alpha value is -0.990. The van der Waals surface area contributed by atoms with E-state index in [0.29, 0.717) is 12.1 Å². The first-order chi connectivity index (χ1) is 8.49. The van der Waals surface area contributed by atoms with Crippen LogP contribution in [0.2, 0.25) is 0 Å². The summed E-state index contributed by atoms with van der Waals surface area (Å²) in [5.74, 6) is 0.952. The van der Waals surface area contributed by atoms with Gasteiger partial charge in [0.05, 0.1) is 17.1 Å². The molecule has 1 N–H and O–H groups in total. The molecule has 102 valence electrons. The van der Waals surface area contributed by atoms with Crippen molar-refractivity contribution in [2.75, 3.05) is 5.32 Å². The first-order valence-electron chi connectivity index (χ1n) is 7.31. The molecule has 1 aromatic rings. The Morgan fingerprint density at radius 2 is 1.94 bits per heavy atom. The largest absolute Gasteiger partial charge is 0.380 e. The summed E-state index contributed by atoms with van der Waals surface area (Å²) in [6.07, 6.45) is 5.58. The van der Waals surface area contributed by atoms with Crippen LogP contribution in [0.4, 0.5) is 5.69 Å². The van der Waals surface area contributed by atoms with Crippen molar-refractivity contribution in [1.29, 1.82) is 0 Å². The highest BCUT2D eigenvalue weighted by Crippen LogP contribution is 2.32. The van der Waals surface area contributed by atoms with E-state index in [4.69, 9.17) is 0 Å². The zero-order valence-corrected chi connectivity index (χ0v) is 12.5. The van der Waals surface area contributed by atoms with Crippen LogP contribution in [0, 0.1) is 19.8 Å². The lowest BCUT2D eigenvalue weighted by atomic mass is 9.81. The monoisotopic (exact) mass is 249 g/mol. The van der Waals surface area contributed by atoms with Crippen molar-refractivity contribution in [3.63, 3.8) is 0 Å². The van der Waals surface area contributed by atoms with Crippen LogP contribution in [0.15, 0.2) is 0 Å². The number of hydrogen-bond donors (Lipinski definition) is 1. The average molecular weight is 249 g/mol. The SMILES string of the molecule is Cc1nn(C(C)C)c(C)c1NC(C)CC1CCC1. The smallest absolute Gasteiger partial charge is 0.0828 e. The van der Waals surface area contributed by atoms with E-state index in [0.717, 1.165) is 11.6 Å². The molecule has 0 bridgehead atoms. The molecule has 0 aliphatic heterocycles. The Morgan fingerprint density at radius 3 is 2.39 bits per heavy atom. The number of hydrogen-bond acceptors (Lipinski definition) is 2. The predicted octanol–water partition coefficient (Wildman–Crippen LogP) is 4.07. The van der Waals surface area contributed by atoms with E-state index in [2.05, 4.69) is 49.7 Å². The molecular formula is C15H27N3. The minimum atomic E-state index is 0.432. The quantitative estimate of drug-likeness (QED) is 0.852. The van der Waals surface area contributed by atoms with Gasteiger partial charge in [0.15, 0.2) is 0 Å². The van der Waals surface area contributed by atoms with Gasteiger partial charge in [0.2, 0.25) is 0 Å². The summed E-state index contributed by atoms with van der Waals surface area (Å²) < 4.78 is 2.12. The van der Waals surface area contributed by atoms with Gasteiger partial charge >= 0.3 is 0 Å². The van der Waals surface area contributed by atoms with Gasteiger partial charge in [0.25, 0.3) is 0 Å². The summed E-state index contributed by atoms with van der Waals surface area (Å²) in [4.78, 5) is 0. The van der Waals surface area contributed by atoms with Crippen molar-refractivity contribution in [2.45, 2.75) is 72.4 Å². The zero-order chi connectivity index (χ0) is 13.3. The lowest BCUT2D eigenvalue weighted by Crippen LogP contribution is -2.23. The lowest BCUT2D eigenvalue weighted by molar-refractivity contribution is 0.286. The number of aromatic nitrogens is 2. The van der Waals surface area contributed by atoms with E-state index in [9.17, 15) is 0 Å². The highest BCUT2D eigenvalue weighted by molar-refractivity contribution is 5.52. The summed E-state index contributed by atoms with van der Waals surface area (Å²) in [6, 6.07) is 0.985. The predicted molar refractivity (Wildman–Crippen MR) is 77.1 cm³/mol. The lowest BCUT2D eigenvalue weighted by Gasteiger charge is -2.29. The second-order valence-electron chi connectivity index (χ2n) is 6.16. The van der Waals surface area contributed by atoms with Crippen LogP contribution in [0.25, 0.3) is 0 Å². The van der Waals surface area contributed by atoms with E-state index < -0.39 is 0 Å². The molecule has 1 unspecified atom stereocenters. The molecule has 1 atom stereocenters. The van der Waals surface area contributed by atoms with Gasteiger partial charge in [-0.25, -0.2) is 0 Å². The molecule has 0 aromatic carbocycles. The molecule has 1 aliphatic carbocycles. The van der Waals surface area contributed by atoms with E-state index in [-0.39, 0.29) is 0 Å². The molecule has 18 heavy (non-hydrogen) atoms. The fourth-order valence-corrected chi connectivity index (χ4v) is 2.91. The van der Waals surface area contributed by atoms with Gasteiger partial charge in [-0.1, -0.05) is 19.3 Å². The fraction of sp³-hybridized carbons (Fsp3) is 0.800. The van der Waals surface area contributed by atoms with E-state index >= 15 is 0 Å². The molecule has 0 amide bonds. The number of anilines is 1. The molecule has 1 heterocycles. The Balaban J connectivity index is 2.03. The molecule has 1 saturated carbocycles. The van der Waals surface area contributed by atoms with Gasteiger partial charge in [0.1, 0.15) is 0 Å². The summed E-state index contributed by atoms with van der Waals surface area (Å²) in [6.45, 7) is 10.9. The van der Waals surface area contributed by atoms with Crippen LogP contribution in [0.1, 0.15) is 63.9 Å². The van der Waals surface area contributed by atoms with E-state index in [1.54, 1.807) is 0 Å². The van der Waals surface area contributed by atoms with Crippen LogP contribution in [0.3, 0.4) is 0 Å². The maximum absolute atomic E-state index is 4.63. The van der Waals surface area contributed by atoms with Gasteiger partial charge in [-0.3, -0.25) is 4.68 Å². The van der Waals surface area contributed by atoms with Crippen molar-refractivity contribution in [1.82, 2.24) is 9.78 Å². The third-order valence-corrected chi connectivity index (χ3v) is 4.12. The number of aryl methyl sites for hydroxylation is 1. The van der Waals surface area contributed by atoms with Crippen molar-refractivity contribution in [3.05, 3.63) is 11.4 Å². The Kier molecular flexibility index (Phi) is 3.98. The van der Waals surface area contributed by atoms with Crippen LogP contribution < -0.4 is 5.32 Å². The van der Waals surface area contributed by atoms with Gasteiger partial charge in [-0.15, -0.1) is 0 Å². The van der Waals surface area contributed by atoms with Crippen molar-refractivity contribution in [3.8, 4) is 0 Å². The molecule has 1 aliphatic rings. The van der Waals surface area contributed by atoms with E-state index in [1.165, 1.54) is 37.1 Å². The third kappa shape index (κ3) is 2.70. The Morgan fingerprint density at radius 1 is 1.28 bits per heavy atom. The first kappa shape index (κ1) is 13.4. The number of rotatable bonds is 5. The first-order valence-corrected chi connectivity index (χ1v) is 7.31. The molecule has 0 saturated heterocycles. The standard InChI is InChI=1S/C15H27N3/c1-10(2)18-13(5)15(12(4)17-18)16-11(3)9-14-7-6-8-14/h10-11,14,16H,6-9H2,1-5H3. The second-order valence-corrected chi connectivity index (χ2v) is 6.16. The van der Waals surface area contributed by atoms with Gasteiger partial charge in [-0.05, 0) is 47.0 Å². The molecule has 1 aromatic heterocycles. The summed E-state index contributed by atoms with van der Waals surface area (Å²) >= 11 is 0. The normalized spacial score (nSPS) is 17.9. The van der Waals surface area contributed by atoms with Crippen molar-refractivity contribution < 1.29 is 0 Å². The van der Waals surface area contributed by atoms with E-state index in [1.807, 2.05) is 0 Å². The van der Waals surface area contributed by atoms with Crippen LogP contribution in [0.5, 0.6) is 0 Å². The third-order valence-electron chi connectivity index (χ3n) is 4.12. The van der Waals surface area contributed by atoms with Crippen molar-refractivity contribution in [2.24, 2.45) is 5.92 Å². The fourth-order valence-electron chi connectivity index (χ4n) is 2.91. The summed E-state index contributed by atoms with van der Waals surface area (Å²) in [7, 11) is 0. The molecule has 0 radical (unpaired) electrons. The zero-order valence-electron chi connectivity index (χ0n) is 12.5. The Bertz CT molecular complexity index is 402. The Labute approximate surface area is 111 Å². The highest BCUT2D eigenvalue weighted by atomic mass is 15.3. The maximum atomic E-state index is 4.63. The molecular weight excluding hydrogens is 222 g/mol. The van der Waals surface area contributed by atoms with Crippen LogP contribution >= 0.6 is 0 Å². The van der Waals surface area contributed by atoms with Crippen molar-refractivity contribution >= 4 is 5.69 Å². The summed E-state index contributed by atoms with van der Waals surface area (Å²) in [5.41, 5.74) is 3.64. The van der Waals surface area contributed by atoms with Gasteiger partial charge in [-0.2, -0.15) is 5.10 Å². The number of nitrogens with zero attached hydrogens (tertiary/aromatic N) is 2. The minimum Gasteiger partial charge on any atom is -0.380 e. The average Bonchev–Trinajstić information content (AvgIpc) is 2.51. The molecule has 2 rings (SSSR count). The van der Waals surface area contributed by atoms with Gasteiger partial charge in [0, 0.05) is 12.1 Å². The van der Waals surface area contributed by atoms with Crippen LogP contribution in [-0.4, -0.2) is 15.8 Å². The second kappa shape index (κ2) is 5.33. The maximum Gasteiger partial charge on any atom is 0.0828 e. The summed E-state index contributed by atoms with van der Waals surface area (Å²) in [5, 5.41) is 8.30. The molecule has 3 nitrogen and oxygen atoms in total. The van der Waals surface area contributed by atoms with Crippen LogP contribution in [-0.2, 0) is 0 Å². The minimum absolute atomic E-state index is 0.432. The molecule has 1 fully saturated rings. The van der Waals surface area contributed by atoms with Gasteiger partial charge < -0.3 is 5.32 Å². The topological polar surface area (TPSA) is 29.9 Å². The molecule has 3 heteroatoms.